The summed E-state index contributed by atoms with van der Waals surface area (Å²) in [4.78, 5) is 14.0. The van der Waals surface area contributed by atoms with Gasteiger partial charge in [-0.3, -0.25) is 4.90 Å². The molecule has 1 aromatic heterocycles. The number of aromatic nitrogens is 2. The lowest BCUT2D eigenvalue weighted by Crippen LogP contribution is -2.50. The van der Waals surface area contributed by atoms with Crippen molar-refractivity contribution in [3.63, 3.8) is 0 Å². The molecule has 4 nitrogen and oxygen atoms in total. The van der Waals surface area contributed by atoms with Crippen LogP contribution in [-0.4, -0.2) is 47.1 Å². The minimum atomic E-state index is 0.458. The lowest BCUT2D eigenvalue weighted by molar-refractivity contribution is 0.229. The largest absolute Gasteiger partial charge is 0.338 e. The summed E-state index contributed by atoms with van der Waals surface area (Å²) < 4.78 is 0. The number of aryl methyl sites for hydroxylation is 1. The number of nitrogens with zero attached hydrogens (tertiary/aromatic N) is 4. The Kier molecular flexibility index (Phi) is 3.39. The third-order valence-electron chi connectivity index (χ3n) is 3.90. The molecule has 0 radical (unpaired) electrons. The Bertz CT molecular complexity index is 437. The molecule has 1 atom stereocenters. The second kappa shape index (κ2) is 5.02. The molecule has 3 heterocycles. The molecule has 1 aromatic rings. The minimum absolute atomic E-state index is 0.458. The standard InChI is InChI=1S/C13H19ClN4/c1-10-7-11(8-14)16-13(15-10)18-6-5-17-4-2-3-12(17)9-18/h7,12H,2-6,8-9H2,1H3. The van der Waals surface area contributed by atoms with Crippen LogP contribution < -0.4 is 4.90 Å². The average Bonchev–Trinajstić information content (AvgIpc) is 2.85. The van der Waals surface area contributed by atoms with Crippen LogP contribution in [0.25, 0.3) is 0 Å². The van der Waals surface area contributed by atoms with Gasteiger partial charge < -0.3 is 4.90 Å². The summed E-state index contributed by atoms with van der Waals surface area (Å²) in [7, 11) is 0. The number of piperazine rings is 1. The third-order valence-corrected chi connectivity index (χ3v) is 4.18. The van der Waals surface area contributed by atoms with Crippen molar-refractivity contribution in [2.24, 2.45) is 0 Å². The molecule has 0 spiro atoms. The van der Waals surface area contributed by atoms with E-state index in [1.54, 1.807) is 0 Å². The topological polar surface area (TPSA) is 32.3 Å². The summed E-state index contributed by atoms with van der Waals surface area (Å²) in [5.74, 6) is 1.32. The summed E-state index contributed by atoms with van der Waals surface area (Å²) in [5.41, 5.74) is 1.93. The van der Waals surface area contributed by atoms with Crippen LogP contribution in [0.2, 0.25) is 0 Å². The van der Waals surface area contributed by atoms with Crippen molar-refractivity contribution < 1.29 is 0 Å². The highest BCUT2D eigenvalue weighted by Gasteiger charge is 2.31. The van der Waals surface area contributed by atoms with Crippen LogP contribution in [0.1, 0.15) is 24.2 Å². The Morgan fingerprint density at radius 1 is 1.33 bits per heavy atom. The van der Waals surface area contributed by atoms with E-state index in [9.17, 15) is 0 Å². The maximum absolute atomic E-state index is 5.88. The Morgan fingerprint density at radius 2 is 2.22 bits per heavy atom. The normalized spacial score (nSPS) is 24.3. The summed E-state index contributed by atoms with van der Waals surface area (Å²) in [6.45, 7) is 6.50. The molecule has 2 aliphatic rings. The Hall–Kier alpha value is -0.870. The van der Waals surface area contributed by atoms with Gasteiger partial charge in [0.25, 0.3) is 0 Å². The van der Waals surface area contributed by atoms with Crippen molar-refractivity contribution in [3.05, 3.63) is 17.5 Å². The summed E-state index contributed by atoms with van der Waals surface area (Å²) in [5, 5.41) is 0. The van der Waals surface area contributed by atoms with E-state index >= 15 is 0 Å². The molecule has 0 N–H and O–H groups in total. The maximum Gasteiger partial charge on any atom is 0.225 e. The summed E-state index contributed by atoms with van der Waals surface area (Å²) in [6, 6.07) is 2.66. The van der Waals surface area contributed by atoms with Crippen LogP contribution in [0.3, 0.4) is 0 Å². The van der Waals surface area contributed by atoms with Gasteiger partial charge in [-0.05, 0) is 32.4 Å². The predicted molar refractivity (Wildman–Crippen MR) is 73.1 cm³/mol. The number of anilines is 1. The van der Waals surface area contributed by atoms with Crippen LogP contribution in [0.15, 0.2) is 6.07 Å². The van der Waals surface area contributed by atoms with Crippen LogP contribution in [0.5, 0.6) is 0 Å². The van der Waals surface area contributed by atoms with E-state index in [1.165, 1.54) is 19.4 Å². The van der Waals surface area contributed by atoms with Gasteiger partial charge in [-0.2, -0.15) is 0 Å². The van der Waals surface area contributed by atoms with Crippen molar-refractivity contribution in [2.45, 2.75) is 31.7 Å². The molecule has 98 valence electrons. The van der Waals surface area contributed by atoms with Gasteiger partial charge in [0.2, 0.25) is 5.95 Å². The number of rotatable bonds is 2. The molecule has 18 heavy (non-hydrogen) atoms. The van der Waals surface area contributed by atoms with Crippen LogP contribution >= 0.6 is 11.6 Å². The van der Waals surface area contributed by atoms with Gasteiger partial charge in [-0.1, -0.05) is 0 Å². The van der Waals surface area contributed by atoms with Gasteiger partial charge >= 0.3 is 0 Å². The second-order valence-electron chi connectivity index (χ2n) is 5.21. The number of hydrogen-bond donors (Lipinski definition) is 0. The van der Waals surface area contributed by atoms with Crippen molar-refractivity contribution in [2.75, 3.05) is 31.1 Å². The zero-order valence-electron chi connectivity index (χ0n) is 10.8. The first-order valence-corrected chi connectivity index (χ1v) is 7.19. The first kappa shape index (κ1) is 12.2. The molecule has 2 saturated heterocycles. The van der Waals surface area contributed by atoms with Crippen LogP contribution in [-0.2, 0) is 5.88 Å². The molecule has 0 amide bonds. The number of alkyl halides is 1. The van der Waals surface area contributed by atoms with Crippen molar-refractivity contribution in [1.82, 2.24) is 14.9 Å². The summed E-state index contributed by atoms with van der Waals surface area (Å²) in [6.07, 6.45) is 2.64. The summed E-state index contributed by atoms with van der Waals surface area (Å²) >= 11 is 5.88. The zero-order chi connectivity index (χ0) is 12.5. The van der Waals surface area contributed by atoms with Crippen LogP contribution in [0.4, 0.5) is 5.95 Å². The molecular formula is C13H19ClN4. The van der Waals surface area contributed by atoms with E-state index in [0.29, 0.717) is 11.9 Å². The Morgan fingerprint density at radius 3 is 3.06 bits per heavy atom. The van der Waals surface area contributed by atoms with E-state index in [2.05, 4.69) is 19.8 Å². The fourth-order valence-electron chi connectivity index (χ4n) is 3.00. The fraction of sp³-hybridized carbons (Fsp3) is 0.692. The van der Waals surface area contributed by atoms with Gasteiger partial charge in [-0.25, -0.2) is 9.97 Å². The average molecular weight is 267 g/mol. The van der Waals surface area contributed by atoms with Gasteiger partial charge in [0.15, 0.2) is 0 Å². The van der Waals surface area contributed by atoms with Crippen molar-refractivity contribution in [3.8, 4) is 0 Å². The quantitative estimate of drug-likeness (QED) is 0.765. The lowest BCUT2D eigenvalue weighted by atomic mass is 10.1. The monoisotopic (exact) mass is 266 g/mol. The number of halogens is 1. The minimum Gasteiger partial charge on any atom is -0.338 e. The molecule has 1 unspecified atom stereocenters. The van der Waals surface area contributed by atoms with E-state index < -0.39 is 0 Å². The van der Waals surface area contributed by atoms with Gasteiger partial charge in [0.05, 0.1) is 11.6 Å². The highest BCUT2D eigenvalue weighted by Crippen LogP contribution is 2.24. The Labute approximate surface area is 113 Å². The van der Waals surface area contributed by atoms with Gasteiger partial charge in [0.1, 0.15) is 0 Å². The lowest BCUT2D eigenvalue weighted by Gasteiger charge is -2.37. The highest BCUT2D eigenvalue weighted by molar-refractivity contribution is 6.16. The first-order valence-electron chi connectivity index (χ1n) is 6.66. The van der Waals surface area contributed by atoms with E-state index in [-0.39, 0.29) is 0 Å². The molecule has 2 aliphatic heterocycles. The second-order valence-corrected chi connectivity index (χ2v) is 5.48. The first-order chi connectivity index (χ1) is 8.76. The van der Waals surface area contributed by atoms with E-state index in [0.717, 1.165) is 37.0 Å². The van der Waals surface area contributed by atoms with E-state index in [1.807, 2.05) is 13.0 Å². The van der Waals surface area contributed by atoms with E-state index in [4.69, 9.17) is 11.6 Å². The molecule has 0 saturated carbocycles. The molecular weight excluding hydrogens is 248 g/mol. The van der Waals surface area contributed by atoms with Crippen molar-refractivity contribution >= 4 is 17.5 Å². The predicted octanol–water partition coefficient (Wildman–Crippen LogP) is 1.81. The maximum atomic E-state index is 5.88. The molecule has 0 aromatic carbocycles. The highest BCUT2D eigenvalue weighted by atomic mass is 35.5. The molecule has 0 aliphatic carbocycles. The van der Waals surface area contributed by atoms with Gasteiger partial charge in [-0.15, -0.1) is 11.6 Å². The van der Waals surface area contributed by atoms with Crippen LogP contribution in [0, 0.1) is 6.92 Å². The SMILES string of the molecule is Cc1cc(CCl)nc(N2CCN3CCCC3C2)n1. The number of hydrogen-bond acceptors (Lipinski definition) is 4. The molecule has 3 rings (SSSR count). The van der Waals surface area contributed by atoms with Crippen molar-refractivity contribution in [1.29, 1.82) is 0 Å². The zero-order valence-corrected chi connectivity index (χ0v) is 11.5. The Balaban J connectivity index is 1.80. The third kappa shape index (κ3) is 2.31. The molecule has 2 fully saturated rings. The smallest absolute Gasteiger partial charge is 0.225 e. The fourth-order valence-corrected chi connectivity index (χ4v) is 3.14. The molecule has 0 bridgehead atoms. The van der Waals surface area contributed by atoms with Gasteiger partial charge in [0, 0.05) is 31.4 Å². The number of fused-ring (bicyclic) bond motifs is 1. The molecule has 5 heteroatoms.